The first kappa shape index (κ1) is 12.9. The van der Waals surface area contributed by atoms with Crippen molar-refractivity contribution in [2.24, 2.45) is 0 Å². The highest BCUT2D eigenvalue weighted by Gasteiger charge is 2.05. The number of nitrogens with zero attached hydrogens (tertiary/aromatic N) is 3. The van der Waals surface area contributed by atoms with Crippen molar-refractivity contribution in [3.05, 3.63) is 40.9 Å². The van der Waals surface area contributed by atoms with E-state index in [0.717, 1.165) is 5.69 Å². The zero-order chi connectivity index (χ0) is 13.0. The fourth-order valence-electron chi connectivity index (χ4n) is 1.17. The average Bonchev–Trinajstić information content (AvgIpc) is 2.28. The minimum atomic E-state index is 0.0000103. The number of rotatable bonds is 2. The smallest absolute Gasteiger partial charge is 0.234 e. The molecule has 0 aliphatic heterocycles. The summed E-state index contributed by atoms with van der Waals surface area (Å²) in [6.45, 7) is 0. The van der Waals surface area contributed by atoms with Crippen molar-refractivity contribution in [3.63, 3.8) is 0 Å². The Bertz CT molecular complexity index is 543. The van der Waals surface area contributed by atoms with Crippen LogP contribution in [0, 0.1) is 0 Å². The molecule has 0 spiro atoms. The molecule has 1 heterocycles. The third kappa shape index (κ3) is 3.76. The molecule has 5 nitrogen and oxygen atoms in total. The lowest BCUT2D eigenvalue weighted by Gasteiger charge is -2.08. The largest absolute Gasteiger partial charge is 0.332 e. The molecule has 18 heavy (non-hydrogen) atoms. The van der Waals surface area contributed by atoms with Crippen LogP contribution in [-0.4, -0.2) is 20.1 Å². The van der Waals surface area contributed by atoms with Gasteiger partial charge in [-0.15, -0.1) is 0 Å². The number of anilines is 2. The van der Waals surface area contributed by atoms with E-state index < -0.39 is 0 Å². The number of thiocarbonyl (C=S) groups is 1. The Hall–Kier alpha value is -1.50. The zero-order valence-electron chi connectivity index (χ0n) is 8.89. The molecule has 8 heteroatoms. The van der Waals surface area contributed by atoms with Crippen LogP contribution in [0.2, 0.25) is 10.6 Å². The van der Waals surface area contributed by atoms with Gasteiger partial charge in [-0.3, -0.25) is 0 Å². The van der Waals surface area contributed by atoms with E-state index in [1.165, 1.54) is 0 Å². The molecule has 0 saturated carbocycles. The molecule has 0 amide bonds. The van der Waals surface area contributed by atoms with Gasteiger partial charge in [-0.25, -0.2) is 0 Å². The first-order chi connectivity index (χ1) is 8.63. The minimum Gasteiger partial charge on any atom is -0.332 e. The van der Waals surface area contributed by atoms with Gasteiger partial charge in [-0.05, 0) is 47.6 Å². The molecule has 92 valence electrons. The van der Waals surface area contributed by atoms with E-state index in [1.807, 2.05) is 30.3 Å². The minimum absolute atomic E-state index is 0.0000103. The monoisotopic (exact) mass is 299 g/mol. The number of hydrogen-bond acceptors (Lipinski definition) is 4. The van der Waals surface area contributed by atoms with E-state index in [0.29, 0.717) is 5.11 Å². The van der Waals surface area contributed by atoms with Gasteiger partial charge >= 0.3 is 0 Å². The maximum absolute atomic E-state index is 5.64. The Morgan fingerprint density at radius 3 is 2.17 bits per heavy atom. The van der Waals surface area contributed by atoms with E-state index in [-0.39, 0.29) is 16.5 Å². The summed E-state index contributed by atoms with van der Waals surface area (Å²) in [4.78, 5) is 11.3. The van der Waals surface area contributed by atoms with Crippen LogP contribution < -0.4 is 10.6 Å². The molecule has 0 unspecified atom stereocenters. The fourth-order valence-corrected chi connectivity index (χ4v) is 1.74. The maximum Gasteiger partial charge on any atom is 0.234 e. The quantitative estimate of drug-likeness (QED) is 0.831. The summed E-state index contributed by atoms with van der Waals surface area (Å²) in [5.41, 5.74) is 0.848. The third-order valence-corrected chi connectivity index (χ3v) is 2.38. The number of nitrogens with one attached hydrogen (secondary N) is 2. The molecule has 1 aromatic carbocycles. The summed E-state index contributed by atoms with van der Waals surface area (Å²) in [5, 5.41) is 6.06. The van der Waals surface area contributed by atoms with Crippen LogP contribution in [0.3, 0.4) is 0 Å². The first-order valence-electron chi connectivity index (χ1n) is 4.83. The van der Waals surface area contributed by atoms with Crippen molar-refractivity contribution >= 4 is 52.2 Å². The fraction of sp³-hybridized carbons (Fsp3) is 0. The number of para-hydroxylation sites is 1. The van der Waals surface area contributed by atoms with E-state index in [4.69, 9.17) is 35.4 Å². The van der Waals surface area contributed by atoms with Gasteiger partial charge in [0.15, 0.2) is 5.11 Å². The molecule has 0 radical (unpaired) electrons. The molecule has 2 N–H and O–H groups in total. The van der Waals surface area contributed by atoms with Crippen LogP contribution in [0.4, 0.5) is 11.6 Å². The molecule has 2 aromatic rings. The molecular weight excluding hydrogens is 293 g/mol. The molecule has 2 rings (SSSR count). The van der Waals surface area contributed by atoms with E-state index >= 15 is 0 Å². The summed E-state index contributed by atoms with van der Waals surface area (Å²) >= 11 is 16.4. The van der Waals surface area contributed by atoms with Crippen LogP contribution in [0.1, 0.15) is 0 Å². The van der Waals surface area contributed by atoms with Crippen molar-refractivity contribution in [1.29, 1.82) is 0 Å². The number of hydrogen-bond donors (Lipinski definition) is 2. The van der Waals surface area contributed by atoms with Crippen LogP contribution in [0.5, 0.6) is 0 Å². The maximum atomic E-state index is 5.64. The SMILES string of the molecule is S=C(Nc1ccccc1)Nc1nc(Cl)nc(Cl)n1. The molecule has 0 fully saturated rings. The van der Waals surface area contributed by atoms with Crippen molar-refractivity contribution in [2.45, 2.75) is 0 Å². The normalized spacial score (nSPS) is 9.89. The van der Waals surface area contributed by atoms with Gasteiger partial charge in [0.2, 0.25) is 16.5 Å². The first-order valence-corrected chi connectivity index (χ1v) is 6.00. The zero-order valence-corrected chi connectivity index (χ0v) is 11.2. The molecule has 0 saturated heterocycles. The lowest BCUT2D eigenvalue weighted by Crippen LogP contribution is -2.20. The van der Waals surface area contributed by atoms with Crippen LogP contribution in [0.25, 0.3) is 0 Å². The van der Waals surface area contributed by atoms with E-state index in [1.54, 1.807) is 0 Å². The van der Waals surface area contributed by atoms with Crippen LogP contribution >= 0.6 is 35.4 Å². The van der Waals surface area contributed by atoms with Crippen molar-refractivity contribution in [1.82, 2.24) is 15.0 Å². The average molecular weight is 300 g/mol. The Balaban J connectivity index is 2.03. The highest BCUT2D eigenvalue weighted by molar-refractivity contribution is 7.80. The lowest BCUT2D eigenvalue weighted by molar-refractivity contribution is 1.06. The molecule has 0 aliphatic rings. The molecule has 1 aromatic heterocycles. The van der Waals surface area contributed by atoms with E-state index in [2.05, 4.69) is 25.6 Å². The Morgan fingerprint density at radius 2 is 1.56 bits per heavy atom. The second-order valence-corrected chi connectivity index (χ2v) is 4.23. The van der Waals surface area contributed by atoms with Crippen molar-refractivity contribution in [3.8, 4) is 0 Å². The van der Waals surface area contributed by atoms with Gasteiger partial charge in [0, 0.05) is 5.69 Å². The Morgan fingerprint density at radius 1 is 0.944 bits per heavy atom. The molecular formula is C10H7Cl2N5S. The van der Waals surface area contributed by atoms with Crippen LogP contribution in [0.15, 0.2) is 30.3 Å². The Labute approximate surface area is 119 Å². The summed E-state index contributed by atoms with van der Waals surface area (Å²) in [5.74, 6) is 0.188. The summed E-state index contributed by atoms with van der Waals surface area (Å²) in [6, 6.07) is 9.44. The topological polar surface area (TPSA) is 62.7 Å². The van der Waals surface area contributed by atoms with Crippen LogP contribution in [-0.2, 0) is 0 Å². The second kappa shape index (κ2) is 5.90. The summed E-state index contributed by atoms with van der Waals surface area (Å²) in [7, 11) is 0. The third-order valence-electron chi connectivity index (χ3n) is 1.84. The van der Waals surface area contributed by atoms with Gasteiger partial charge in [-0.1, -0.05) is 18.2 Å². The van der Waals surface area contributed by atoms with Crippen molar-refractivity contribution in [2.75, 3.05) is 10.6 Å². The van der Waals surface area contributed by atoms with Gasteiger partial charge < -0.3 is 10.6 Å². The van der Waals surface area contributed by atoms with Gasteiger partial charge in [0.1, 0.15) is 0 Å². The summed E-state index contributed by atoms with van der Waals surface area (Å²) in [6.07, 6.45) is 0. The molecule has 0 bridgehead atoms. The predicted molar refractivity (Wildman–Crippen MR) is 76.1 cm³/mol. The van der Waals surface area contributed by atoms with Gasteiger partial charge in [-0.2, -0.15) is 15.0 Å². The summed E-state index contributed by atoms with van der Waals surface area (Å²) < 4.78 is 0. The van der Waals surface area contributed by atoms with E-state index in [9.17, 15) is 0 Å². The molecule has 0 aliphatic carbocycles. The highest BCUT2D eigenvalue weighted by atomic mass is 35.5. The number of benzene rings is 1. The molecule has 0 atom stereocenters. The van der Waals surface area contributed by atoms with Gasteiger partial charge in [0.25, 0.3) is 0 Å². The van der Waals surface area contributed by atoms with Crippen molar-refractivity contribution < 1.29 is 0 Å². The number of aromatic nitrogens is 3. The predicted octanol–water partition coefficient (Wildman–Crippen LogP) is 2.99. The van der Waals surface area contributed by atoms with Gasteiger partial charge in [0.05, 0.1) is 0 Å². The Kier molecular flexibility index (Phi) is 4.24. The highest BCUT2D eigenvalue weighted by Crippen LogP contribution is 2.10. The second-order valence-electron chi connectivity index (χ2n) is 3.14. The number of halogens is 2. The standard InChI is InChI=1S/C10H7Cl2N5S/c11-7-14-8(12)16-9(15-7)17-10(18)13-6-4-2-1-3-5-6/h1-5H,(H2,13,14,15,16,17,18). The lowest BCUT2D eigenvalue weighted by atomic mass is 10.3.